The highest BCUT2D eigenvalue weighted by Crippen LogP contribution is 2.57. The molecule has 1 aliphatic rings. The largest absolute Gasteiger partial charge is 0.296 e. The molecule has 4 aromatic carbocycles. The number of hydrogen-bond acceptors (Lipinski definition) is 0. The molecular weight excluding hydrogens is 593 g/mol. The van der Waals surface area contributed by atoms with Gasteiger partial charge >= 0.3 is 0 Å². The normalized spacial score (nSPS) is 13.8. The molecule has 0 aliphatic heterocycles. The Morgan fingerprint density at radius 2 is 0.878 bits per heavy atom. The zero-order valence-corrected chi connectivity index (χ0v) is 32.8. The standard InChI is InChI=1S/C47H66N2/c1-11-15-17-19-21-37-33-39(25-29-45(37)48(7,8)13-3)47(43-31-35(5)23-27-41(43)42-28-24-36(6)32-44(42)47)40-26-30-46(49(9,10)14-4)38(34-40)22-20-18-16-12-2/h23-34H,11-22H2,1-10H3/q+2. The third-order valence-electron chi connectivity index (χ3n) is 12.0. The summed E-state index contributed by atoms with van der Waals surface area (Å²) in [5, 5.41) is 0. The summed E-state index contributed by atoms with van der Waals surface area (Å²) in [5.41, 5.74) is 16.7. The lowest BCUT2D eigenvalue weighted by Crippen LogP contribution is -2.41. The van der Waals surface area contributed by atoms with Crippen LogP contribution in [0.5, 0.6) is 0 Å². The third kappa shape index (κ3) is 7.19. The lowest BCUT2D eigenvalue weighted by atomic mass is 9.66. The van der Waals surface area contributed by atoms with E-state index in [4.69, 9.17) is 0 Å². The van der Waals surface area contributed by atoms with E-state index in [1.165, 1.54) is 118 Å². The molecule has 0 fully saturated rings. The molecule has 2 nitrogen and oxygen atoms in total. The summed E-state index contributed by atoms with van der Waals surface area (Å²) in [7, 11) is 9.52. The molecule has 5 rings (SSSR count). The molecule has 0 amide bonds. The van der Waals surface area contributed by atoms with Crippen molar-refractivity contribution in [3.05, 3.63) is 117 Å². The van der Waals surface area contributed by atoms with Crippen LogP contribution < -0.4 is 8.97 Å². The topological polar surface area (TPSA) is 0 Å². The van der Waals surface area contributed by atoms with Gasteiger partial charge in [0.15, 0.2) is 0 Å². The van der Waals surface area contributed by atoms with Crippen LogP contribution >= 0.6 is 0 Å². The summed E-state index contributed by atoms with van der Waals surface area (Å²) >= 11 is 0. The molecule has 49 heavy (non-hydrogen) atoms. The quantitative estimate of drug-likeness (QED) is 0.0731. The van der Waals surface area contributed by atoms with Crippen molar-refractivity contribution in [3.63, 3.8) is 0 Å². The molecule has 0 N–H and O–H groups in total. The first-order valence-electron chi connectivity index (χ1n) is 19.6. The number of unbranched alkanes of at least 4 members (excludes halogenated alkanes) is 6. The molecule has 1 aliphatic carbocycles. The summed E-state index contributed by atoms with van der Waals surface area (Å²) in [4.78, 5) is 0. The second kappa shape index (κ2) is 15.4. The van der Waals surface area contributed by atoms with Crippen molar-refractivity contribution in [2.75, 3.05) is 41.3 Å². The van der Waals surface area contributed by atoms with Crippen molar-refractivity contribution in [1.82, 2.24) is 8.97 Å². The Morgan fingerprint density at radius 3 is 1.24 bits per heavy atom. The van der Waals surface area contributed by atoms with Crippen LogP contribution in [0.25, 0.3) is 11.1 Å². The highest BCUT2D eigenvalue weighted by molar-refractivity contribution is 5.87. The number of rotatable bonds is 16. The molecular formula is C47H66N2+2. The van der Waals surface area contributed by atoms with E-state index in [2.05, 4.69) is 143 Å². The summed E-state index contributed by atoms with van der Waals surface area (Å²) in [6, 6.07) is 29.7. The summed E-state index contributed by atoms with van der Waals surface area (Å²) in [5.74, 6) is 0. The SMILES string of the molecule is CCCCCCc1cc(C2(c3ccc([N+](C)(C)CC)c(CCCCCC)c3)c3cc(C)ccc3-c3ccc(C)cc32)ccc1[N+](C)(C)CC. The first-order chi connectivity index (χ1) is 23.4. The maximum Gasteiger partial charge on any atom is 0.135 e. The fraction of sp³-hybridized carbons (Fsp3) is 0.489. The second-order valence-corrected chi connectivity index (χ2v) is 16.2. The molecule has 0 saturated heterocycles. The molecule has 0 heterocycles. The number of benzene rings is 4. The molecule has 0 aromatic heterocycles. The maximum atomic E-state index is 2.64. The van der Waals surface area contributed by atoms with E-state index < -0.39 is 0 Å². The van der Waals surface area contributed by atoms with Gasteiger partial charge in [0.1, 0.15) is 11.4 Å². The summed E-state index contributed by atoms with van der Waals surface area (Å²) in [6.45, 7) is 16.0. The van der Waals surface area contributed by atoms with Crippen LogP contribution in [-0.2, 0) is 18.3 Å². The molecule has 262 valence electrons. The van der Waals surface area contributed by atoms with E-state index in [0.717, 1.165) is 34.9 Å². The van der Waals surface area contributed by atoms with Crippen molar-refractivity contribution in [2.45, 2.75) is 111 Å². The highest BCUT2D eigenvalue weighted by atomic mass is 15.3. The second-order valence-electron chi connectivity index (χ2n) is 16.2. The van der Waals surface area contributed by atoms with E-state index in [-0.39, 0.29) is 5.41 Å². The van der Waals surface area contributed by atoms with Gasteiger partial charge in [-0.3, -0.25) is 8.97 Å². The Morgan fingerprint density at radius 1 is 0.469 bits per heavy atom. The van der Waals surface area contributed by atoms with Gasteiger partial charge in [0.05, 0.1) is 46.7 Å². The Hall–Kier alpha value is -3.20. The van der Waals surface area contributed by atoms with E-state index in [0.29, 0.717) is 0 Å². The van der Waals surface area contributed by atoms with Crippen molar-refractivity contribution in [3.8, 4) is 11.1 Å². The van der Waals surface area contributed by atoms with Crippen LogP contribution in [0.4, 0.5) is 11.4 Å². The summed E-state index contributed by atoms with van der Waals surface area (Å²) < 4.78 is 1.81. The molecule has 0 radical (unpaired) electrons. The van der Waals surface area contributed by atoms with Gasteiger partial charge in [0, 0.05) is 11.1 Å². The fourth-order valence-electron chi connectivity index (χ4n) is 8.38. The van der Waals surface area contributed by atoms with Crippen LogP contribution in [0.15, 0.2) is 72.8 Å². The first kappa shape index (κ1) is 37.1. The zero-order chi connectivity index (χ0) is 35.4. The van der Waals surface area contributed by atoms with Crippen LogP contribution in [0.3, 0.4) is 0 Å². The predicted octanol–water partition coefficient (Wildman–Crippen LogP) is 12.1. The van der Waals surface area contributed by atoms with Crippen molar-refractivity contribution in [1.29, 1.82) is 0 Å². The number of fused-ring (bicyclic) bond motifs is 3. The van der Waals surface area contributed by atoms with Gasteiger partial charge in [-0.1, -0.05) is 112 Å². The Bertz CT molecular complexity index is 1610. The predicted molar refractivity (Wildman–Crippen MR) is 217 cm³/mol. The Kier molecular flexibility index (Phi) is 11.6. The van der Waals surface area contributed by atoms with E-state index in [1.807, 2.05) is 0 Å². The minimum absolute atomic E-state index is 0.386. The average molecular weight is 659 g/mol. The molecule has 0 spiro atoms. The number of nitrogens with zero attached hydrogens (tertiary/aromatic N) is 2. The number of aryl methyl sites for hydroxylation is 4. The van der Waals surface area contributed by atoms with Crippen LogP contribution in [-0.4, -0.2) is 41.3 Å². The van der Waals surface area contributed by atoms with Gasteiger partial charge in [-0.25, -0.2) is 0 Å². The molecule has 0 atom stereocenters. The Balaban J connectivity index is 1.85. The van der Waals surface area contributed by atoms with Crippen LogP contribution in [0.2, 0.25) is 0 Å². The third-order valence-corrected chi connectivity index (χ3v) is 12.0. The van der Waals surface area contributed by atoms with E-state index in [1.54, 1.807) is 0 Å². The first-order valence-corrected chi connectivity index (χ1v) is 19.6. The van der Waals surface area contributed by atoms with Crippen LogP contribution in [0.1, 0.15) is 124 Å². The van der Waals surface area contributed by atoms with Crippen molar-refractivity contribution in [2.24, 2.45) is 0 Å². The molecule has 0 bridgehead atoms. The highest BCUT2D eigenvalue weighted by Gasteiger charge is 2.47. The van der Waals surface area contributed by atoms with Gasteiger partial charge in [0.25, 0.3) is 0 Å². The zero-order valence-electron chi connectivity index (χ0n) is 32.8. The van der Waals surface area contributed by atoms with E-state index in [9.17, 15) is 0 Å². The number of hydrogen-bond donors (Lipinski definition) is 0. The van der Waals surface area contributed by atoms with Gasteiger partial charge < -0.3 is 0 Å². The minimum Gasteiger partial charge on any atom is -0.296 e. The lowest BCUT2D eigenvalue weighted by molar-refractivity contribution is 0.416. The minimum atomic E-state index is -0.386. The monoisotopic (exact) mass is 659 g/mol. The van der Waals surface area contributed by atoms with Gasteiger partial charge in [-0.05, 0) is 111 Å². The maximum absolute atomic E-state index is 2.64. The Labute approximate surface area is 300 Å². The smallest absolute Gasteiger partial charge is 0.135 e. The van der Waals surface area contributed by atoms with Crippen molar-refractivity contribution < 1.29 is 0 Å². The van der Waals surface area contributed by atoms with Crippen molar-refractivity contribution >= 4 is 11.4 Å². The molecule has 0 saturated carbocycles. The lowest BCUT2D eigenvalue weighted by Gasteiger charge is -2.37. The van der Waals surface area contributed by atoms with Gasteiger partial charge in [-0.2, -0.15) is 0 Å². The average Bonchev–Trinajstić information content (AvgIpc) is 3.37. The van der Waals surface area contributed by atoms with Crippen LogP contribution in [0, 0.1) is 13.8 Å². The van der Waals surface area contributed by atoms with Gasteiger partial charge in [-0.15, -0.1) is 0 Å². The molecule has 2 heteroatoms. The fourth-order valence-corrected chi connectivity index (χ4v) is 8.38. The molecule has 0 unspecified atom stereocenters. The number of quaternary nitrogens is 2. The molecule has 4 aromatic rings. The van der Waals surface area contributed by atoms with E-state index >= 15 is 0 Å². The summed E-state index contributed by atoms with van der Waals surface area (Å²) in [6.07, 6.45) is 12.5. The van der Waals surface area contributed by atoms with Gasteiger partial charge in [0.2, 0.25) is 0 Å².